The number of aryl methyl sites for hydroxylation is 1. The van der Waals surface area contributed by atoms with E-state index in [2.05, 4.69) is 37.7 Å². The Labute approximate surface area is 197 Å². The van der Waals surface area contributed by atoms with Crippen molar-refractivity contribution in [2.45, 2.75) is 23.9 Å². The molecule has 1 amide bonds. The molecule has 3 aromatic rings. The van der Waals surface area contributed by atoms with E-state index >= 15 is 0 Å². The molecular weight excluding hydrogens is 440 g/mol. The zero-order valence-electron chi connectivity index (χ0n) is 19.2. The van der Waals surface area contributed by atoms with Crippen molar-refractivity contribution in [3.05, 3.63) is 36.0 Å². The summed E-state index contributed by atoms with van der Waals surface area (Å²) in [5.41, 5.74) is 1.69. The van der Waals surface area contributed by atoms with Crippen molar-refractivity contribution in [3.8, 4) is 5.75 Å². The Morgan fingerprint density at radius 3 is 2.48 bits per heavy atom. The average molecular weight is 469 g/mol. The number of aromatic nitrogens is 4. The number of nitrogens with zero attached hydrogens (tertiary/aromatic N) is 5. The van der Waals surface area contributed by atoms with Crippen LogP contribution in [0.25, 0.3) is 0 Å². The Hall–Kier alpha value is -3.31. The van der Waals surface area contributed by atoms with Gasteiger partial charge in [0, 0.05) is 55.4 Å². The minimum absolute atomic E-state index is 0.102. The number of methoxy groups -OCH3 is 1. The van der Waals surface area contributed by atoms with E-state index in [1.165, 1.54) is 18.7 Å². The highest BCUT2D eigenvalue weighted by atomic mass is 32.2. The molecule has 1 aromatic carbocycles. The summed E-state index contributed by atoms with van der Waals surface area (Å²) in [6.07, 6.45) is 0. The lowest BCUT2D eigenvalue weighted by Gasteiger charge is -2.34. The highest BCUT2D eigenvalue weighted by Gasteiger charge is 2.24. The molecule has 1 aliphatic heterocycles. The number of piperazine rings is 1. The monoisotopic (exact) mass is 468 g/mol. The molecule has 3 N–H and O–H groups in total. The van der Waals surface area contributed by atoms with Gasteiger partial charge in [-0.25, -0.2) is 9.97 Å². The van der Waals surface area contributed by atoms with E-state index in [1.807, 2.05) is 37.3 Å². The third kappa shape index (κ3) is 5.74. The molecule has 0 bridgehead atoms. The molecule has 0 saturated carbocycles. The molecule has 0 aliphatic carbocycles. The quantitative estimate of drug-likeness (QED) is 0.450. The summed E-state index contributed by atoms with van der Waals surface area (Å²) >= 11 is 1.45. The number of carbonyl (C=O) groups is 1. The normalized spacial score (nSPS) is 14.2. The minimum atomic E-state index is -0.102. The van der Waals surface area contributed by atoms with Gasteiger partial charge in [0.2, 0.25) is 11.7 Å². The SMILES string of the molecule is COc1c(Nc2cc(C)[nH]n2)nc(Sc2ccc(NC(C)=O)cc2)nc1N1CCN(C)CC1. The number of nitrogens with one attached hydrogen (secondary N) is 3. The van der Waals surface area contributed by atoms with Gasteiger partial charge in [-0.05, 0) is 50.0 Å². The number of amides is 1. The summed E-state index contributed by atoms with van der Waals surface area (Å²) in [7, 11) is 3.75. The average Bonchev–Trinajstić information content (AvgIpc) is 3.19. The topological polar surface area (TPSA) is 111 Å². The maximum absolute atomic E-state index is 11.3. The highest BCUT2D eigenvalue weighted by Crippen LogP contribution is 2.38. The summed E-state index contributed by atoms with van der Waals surface area (Å²) in [5.74, 6) is 2.46. The van der Waals surface area contributed by atoms with E-state index in [9.17, 15) is 4.79 Å². The molecule has 2 aromatic heterocycles. The molecule has 33 heavy (non-hydrogen) atoms. The third-order valence-electron chi connectivity index (χ3n) is 5.17. The van der Waals surface area contributed by atoms with Crippen LogP contribution in [0.4, 0.5) is 23.1 Å². The van der Waals surface area contributed by atoms with Gasteiger partial charge in [-0.15, -0.1) is 0 Å². The first-order valence-electron chi connectivity index (χ1n) is 10.7. The first-order valence-corrected chi connectivity index (χ1v) is 11.5. The van der Waals surface area contributed by atoms with Crippen molar-refractivity contribution in [2.24, 2.45) is 0 Å². The Bertz CT molecular complexity index is 1110. The molecule has 3 heterocycles. The summed E-state index contributed by atoms with van der Waals surface area (Å²) < 4.78 is 5.76. The van der Waals surface area contributed by atoms with Crippen LogP contribution < -0.4 is 20.3 Å². The van der Waals surface area contributed by atoms with Gasteiger partial charge in [-0.1, -0.05) is 0 Å². The van der Waals surface area contributed by atoms with Gasteiger partial charge in [0.05, 0.1) is 7.11 Å². The van der Waals surface area contributed by atoms with Gasteiger partial charge in [0.15, 0.2) is 22.6 Å². The predicted molar refractivity (Wildman–Crippen MR) is 130 cm³/mol. The molecule has 174 valence electrons. The van der Waals surface area contributed by atoms with E-state index in [0.717, 1.165) is 48.3 Å². The molecule has 0 spiro atoms. The summed E-state index contributed by atoms with van der Waals surface area (Å²) in [4.78, 5) is 26.4. The molecule has 11 heteroatoms. The first kappa shape index (κ1) is 22.9. The molecule has 1 fully saturated rings. The lowest BCUT2D eigenvalue weighted by Crippen LogP contribution is -2.45. The van der Waals surface area contributed by atoms with E-state index in [4.69, 9.17) is 14.7 Å². The number of aromatic amines is 1. The van der Waals surface area contributed by atoms with Crippen LogP contribution in [0.3, 0.4) is 0 Å². The standard InChI is InChI=1S/C22H28N8O2S/c1-14-13-18(28-27-14)24-20-19(32-4)21(30-11-9-29(3)10-12-30)26-22(25-20)33-17-7-5-16(6-8-17)23-15(2)31/h5-8,13H,9-12H2,1-4H3,(H,23,31)(H2,24,25,26,27,28). The van der Waals surface area contributed by atoms with Crippen molar-refractivity contribution in [2.75, 3.05) is 55.9 Å². The van der Waals surface area contributed by atoms with E-state index in [-0.39, 0.29) is 5.91 Å². The Balaban J connectivity index is 1.67. The minimum Gasteiger partial charge on any atom is -0.490 e. The second-order valence-electron chi connectivity index (χ2n) is 7.87. The fourth-order valence-corrected chi connectivity index (χ4v) is 4.24. The van der Waals surface area contributed by atoms with Crippen molar-refractivity contribution in [1.82, 2.24) is 25.1 Å². The van der Waals surface area contributed by atoms with Gasteiger partial charge < -0.3 is 25.2 Å². The number of ether oxygens (including phenoxy) is 1. The van der Waals surface area contributed by atoms with Gasteiger partial charge in [0.25, 0.3) is 0 Å². The maximum atomic E-state index is 11.3. The smallest absolute Gasteiger partial charge is 0.221 e. The third-order valence-corrected chi connectivity index (χ3v) is 6.04. The molecule has 0 atom stereocenters. The van der Waals surface area contributed by atoms with E-state index < -0.39 is 0 Å². The first-order chi connectivity index (χ1) is 15.9. The van der Waals surface area contributed by atoms with Crippen molar-refractivity contribution in [3.63, 3.8) is 0 Å². The summed E-state index contributed by atoms with van der Waals surface area (Å²) in [5, 5.41) is 13.8. The van der Waals surface area contributed by atoms with Crippen LogP contribution >= 0.6 is 11.8 Å². The Kier molecular flexibility index (Phi) is 6.99. The van der Waals surface area contributed by atoms with Crippen molar-refractivity contribution in [1.29, 1.82) is 0 Å². The largest absolute Gasteiger partial charge is 0.490 e. The zero-order chi connectivity index (χ0) is 23.4. The van der Waals surface area contributed by atoms with Crippen LogP contribution in [0.1, 0.15) is 12.6 Å². The molecule has 10 nitrogen and oxygen atoms in total. The zero-order valence-corrected chi connectivity index (χ0v) is 20.0. The predicted octanol–water partition coefficient (Wildman–Crippen LogP) is 3.12. The van der Waals surface area contributed by atoms with Gasteiger partial charge in [-0.3, -0.25) is 9.89 Å². The molecule has 0 unspecified atom stereocenters. The molecule has 0 radical (unpaired) electrons. The Morgan fingerprint density at radius 1 is 1.15 bits per heavy atom. The number of rotatable bonds is 7. The van der Waals surface area contributed by atoms with Crippen LogP contribution in [0.15, 0.2) is 40.4 Å². The van der Waals surface area contributed by atoms with Gasteiger partial charge in [-0.2, -0.15) is 5.10 Å². The second kappa shape index (κ2) is 10.1. The lowest BCUT2D eigenvalue weighted by atomic mass is 10.3. The summed E-state index contributed by atoms with van der Waals surface area (Å²) in [6.45, 7) is 7.02. The van der Waals surface area contributed by atoms with Crippen LogP contribution in [0, 0.1) is 6.92 Å². The van der Waals surface area contributed by atoms with Crippen LogP contribution in [0.2, 0.25) is 0 Å². The number of anilines is 4. The molecule has 4 rings (SSSR count). The van der Waals surface area contributed by atoms with Crippen LogP contribution in [0.5, 0.6) is 5.75 Å². The van der Waals surface area contributed by atoms with E-state index in [0.29, 0.717) is 22.5 Å². The highest BCUT2D eigenvalue weighted by molar-refractivity contribution is 7.99. The fraction of sp³-hybridized carbons (Fsp3) is 0.364. The number of hydrogen-bond donors (Lipinski definition) is 3. The number of benzene rings is 1. The fourth-order valence-electron chi connectivity index (χ4n) is 3.49. The van der Waals surface area contributed by atoms with Gasteiger partial charge in [0.1, 0.15) is 0 Å². The maximum Gasteiger partial charge on any atom is 0.221 e. The molecular formula is C22H28N8O2S. The number of likely N-dealkylation sites (N-methyl/N-ethyl adjacent to an activating group) is 1. The van der Waals surface area contributed by atoms with Gasteiger partial charge >= 0.3 is 0 Å². The Morgan fingerprint density at radius 2 is 1.88 bits per heavy atom. The van der Waals surface area contributed by atoms with Crippen molar-refractivity contribution < 1.29 is 9.53 Å². The summed E-state index contributed by atoms with van der Waals surface area (Å²) in [6, 6.07) is 9.50. The van der Waals surface area contributed by atoms with E-state index in [1.54, 1.807) is 7.11 Å². The molecule has 1 saturated heterocycles. The van der Waals surface area contributed by atoms with Crippen LogP contribution in [-0.2, 0) is 4.79 Å². The lowest BCUT2D eigenvalue weighted by molar-refractivity contribution is -0.114. The molecule has 1 aliphatic rings. The number of H-pyrrole nitrogens is 1. The van der Waals surface area contributed by atoms with Crippen LogP contribution in [-0.4, -0.2) is 71.3 Å². The number of carbonyl (C=O) groups excluding carboxylic acids is 1. The number of hydrogen-bond acceptors (Lipinski definition) is 9. The second-order valence-corrected chi connectivity index (χ2v) is 8.91. The van der Waals surface area contributed by atoms with Crippen molar-refractivity contribution >= 4 is 40.8 Å².